The number of aromatic nitrogens is 1. The number of aryl methyl sites for hydroxylation is 1. The van der Waals surface area contributed by atoms with Gasteiger partial charge < -0.3 is 9.67 Å². The van der Waals surface area contributed by atoms with Gasteiger partial charge in [-0.1, -0.05) is 0 Å². The van der Waals surface area contributed by atoms with Crippen LogP contribution >= 0.6 is 22.6 Å². The van der Waals surface area contributed by atoms with Crippen LogP contribution in [0.25, 0.3) is 10.9 Å². The van der Waals surface area contributed by atoms with Crippen molar-refractivity contribution >= 4 is 33.5 Å². The minimum Gasteiger partial charge on any atom is -0.390 e. The number of aliphatic hydroxyl groups is 1. The normalized spacial score (nSPS) is 11.0. The van der Waals surface area contributed by atoms with E-state index in [9.17, 15) is 14.3 Å². The zero-order chi connectivity index (χ0) is 11.9. The van der Waals surface area contributed by atoms with Gasteiger partial charge in [0.05, 0.1) is 21.4 Å². The summed E-state index contributed by atoms with van der Waals surface area (Å²) in [4.78, 5) is 11.9. The van der Waals surface area contributed by atoms with Gasteiger partial charge in [-0.3, -0.25) is 4.79 Å². The predicted octanol–water partition coefficient (Wildman–Crippen LogP) is 1.77. The summed E-state index contributed by atoms with van der Waals surface area (Å²) in [5, 5.41) is 9.54. The summed E-state index contributed by atoms with van der Waals surface area (Å²) in [6, 6.07) is 4.07. The maximum Gasteiger partial charge on any atom is 0.203 e. The maximum atomic E-state index is 13.1. The summed E-state index contributed by atoms with van der Waals surface area (Å²) in [5.74, 6) is -0.433. The molecule has 0 saturated carbocycles. The van der Waals surface area contributed by atoms with Crippen LogP contribution in [0.4, 0.5) is 4.39 Å². The number of aliphatic hydroxyl groups excluding tert-OH is 1. The van der Waals surface area contributed by atoms with Crippen LogP contribution in [0.1, 0.15) is 5.69 Å². The lowest BCUT2D eigenvalue weighted by Gasteiger charge is -2.12. The number of hydrogen-bond donors (Lipinski definition) is 1. The molecular weight excluding hydrogens is 324 g/mol. The van der Waals surface area contributed by atoms with Gasteiger partial charge in [0.25, 0.3) is 0 Å². The van der Waals surface area contributed by atoms with E-state index in [1.807, 2.05) is 22.6 Å². The number of benzene rings is 1. The van der Waals surface area contributed by atoms with Gasteiger partial charge in [-0.2, -0.15) is 0 Å². The van der Waals surface area contributed by atoms with Crippen LogP contribution in [0.15, 0.2) is 23.0 Å². The van der Waals surface area contributed by atoms with Gasteiger partial charge >= 0.3 is 0 Å². The second-order valence-corrected chi connectivity index (χ2v) is 4.55. The molecule has 3 nitrogen and oxygen atoms in total. The molecule has 2 aromatic rings. The maximum absolute atomic E-state index is 13.1. The molecular formula is C11H9FINO2. The second-order valence-electron chi connectivity index (χ2n) is 3.47. The van der Waals surface area contributed by atoms with E-state index in [2.05, 4.69) is 0 Å². The first-order chi connectivity index (χ1) is 7.56. The van der Waals surface area contributed by atoms with Crippen LogP contribution in [0.2, 0.25) is 0 Å². The molecule has 0 saturated heterocycles. The minimum absolute atomic E-state index is 0.211. The Morgan fingerprint density at radius 2 is 2.19 bits per heavy atom. The highest BCUT2D eigenvalue weighted by Gasteiger charge is 2.12. The Labute approximate surface area is 105 Å². The molecule has 0 fully saturated rings. The Hall–Kier alpha value is -0.950. The molecule has 0 radical (unpaired) electrons. The fourth-order valence-corrected chi connectivity index (χ4v) is 2.52. The van der Waals surface area contributed by atoms with E-state index in [0.29, 0.717) is 20.2 Å². The summed E-state index contributed by atoms with van der Waals surface area (Å²) in [6.45, 7) is -0.211. The molecule has 0 amide bonds. The average molecular weight is 333 g/mol. The Kier molecular flexibility index (Phi) is 2.98. The molecule has 0 aliphatic carbocycles. The van der Waals surface area contributed by atoms with E-state index in [1.165, 1.54) is 12.1 Å². The summed E-state index contributed by atoms with van der Waals surface area (Å²) in [7, 11) is 1.74. The molecule has 0 aliphatic rings. The molecule has 16 heavy (non-hydrogen) atoms. The van der Waals surface area contributed by atoms with Crippen LogP contribution < -0.4 is 5.43 Å². The Morgan fingerprint density at radius 3 is 2.81 bits per heavy atom. The molecule has 1 heterocycles. The van der Waals surface area contributed by atoms with Crippen LogP contribution in [-0.2, 0) is 13.7 Å². The summed E-state index contributed by atoms with van der Waals surface area (Å²) in [6.07, 6.45) is 0. The number of pyridine rings is 1. The van der Waals surface area contributed by atoms with Gasteiger partial charge in [0.2, 0.25) is 5.43 Å². The fourth-order valence-electron chi connectivity index (χ4n) is 1.70. The largest absolute Gasteiger partial charge is 0.390 e. The molecule has 1 aromatic carbocycles. The van der Waals surface area contributed by atoms with E-state index in [0.717, 1.165) is 0 Å². The van der Waals surface area contributed by atoms with E-state index < -0.39 is 5.82 Å². The minimum atomic E-state index is -0.433. The van der Waals surface area contributed by atoms with E-state index in [1.54, 1.807) is 17.7 Å². The number of fused-ring (bicyclic) bond motifs is 1. The number of hydrogen-bond acceptors (Lipinski definition) is 2. The standard InChI is InChI=1S/C11H9FINO2/c1-14-8-3-2-6(12)4-7(8)11(16)10(13)9(14)5-15/h2-4,15H,5H2,1H3. The monoisotopic (exact) mass is 333 g/mol. The molecule has 5 heteroatoms. The van der Waals surface area contributed by atoms with Crippen molar-refractivity contribution in [3.8, 4) is 0 Å². The van der Waals surface area contributed by atoms with Gasteiger partial charge in [-0.15, -0.1) is 0 Å². The van der Waals surface area contributed by atoms with Gasteiger partial charge in [0.15, 0.2) is 0 Å². The van der Waals surface area contributed by atoms with Crippen molar-refractivity contribution in [2.45, 2.75) is 6.61 Å². The van der Waals surface area contributed by atoms with Crippen LogP contribution in [-0.4, -0.2) is 9.67 Å². The second kappa shape index (κ2) is 4.14. The zero-order valence-corrected chi connectivity index (χ0v) is 10.7. The Bertz CT molecular complexity index is 621. The van der Waals surface area contributed by atoms with Crippen molar-refractivity contribution in [1.29, 1.82) is 0 Å². The van der Waals surface area contributed by atoms with Gasteiger partial charge in [0, 0.05) is 12.4 Å². The van der Waals surface area contributed by atoms with Crippen molar-refractivity contribution in [3.63, 3.8) is 0 Å². The summed E-state index contributed by atoms with van der Waals surface area (Å²) >= 11 is 1.87. The first-order valence-corrected chi connectivity index (χ1v) is 5.71. The van der Waals surface area contributed by atoms with Crippen molar-refractivity contribution in [2.75, 3.05) is 0 Å². The highest BCUT2D eigenvalue weighted by atomic mass is 127. The number of nitrogens with zero attached hydrogens (tertiary/aromatic N) is 1. The molecule has 0 bridgehead atoms. The molecule has 0 aliphatic heterocycles. The lowest BCUT2D eigenvalue weighted by atomic mass is 10.2. The first-order valence-electron chi connectivity index (χ1n) is 4.63. The lowest BCUT2D eigenvalue weighted by molar-refractivity contribution is 0.271. The molecule has 1 aromatic heterocycles. The van der Waals surface area contributed by atoms with Crippen LogP contribution in [0.3, 0.4) is 0 Å². The van der Waals surface area contributed by atoms with E-state index in [4.69, 9.17) is 0 Å². The third-order valence-electron chi connectivity index (χ3n) is 2.57. The highest BCUT2D eigenvalue weighted by Crippen LogP contribution is 2.17. The fraction of sp³-hybridized carbons (Fsp3) is 0.182. The molecule has 2 rings (SSSR count). The SMILES string of the molecule is Cn1c(CO)c(I)c(=O)c2cc(F)ccc21. The highest BCUT2D eigenvalue weighted by molar-refractivity contribution is 14.1. The number of rotatable bonds is 1. The quantitative estimate of drug-likeness (QED) is 0.809. The van der Waals surface area contributed by atoms with Gasteiger partial charge in [0.1, 0.15) is 5.82 Å². The lowest BCUT2D eigenvalue weighted by Crippen LogP contribution is -2.17. The summed E-state index contributed by atoms with van der Waals surface area (Å²) in [5.41, 5.74) is 0.929. The van der Waals surface area contributed by atoms with Crippen LogP contribution in [0, 0.1) is 9.39 Å². The van der Waals surface area contributed by atoms with Gasteiger partial charge in [-0.05, 0) is 40.8 Å². The third-order valence-corrected chi connectivity index (χ3v) is 3.68. The Morgan fingerprint density at radius 1 is 1.50 bits per heavy atom. The topological polar surface area (TPSA) is 42.2 Å². The van der Waals surface area contributed by atoms with Crippen LogP contribution in [0.5, 0.6) is 0 Å². The van der Waals surface area contributed by atoms with Crippen molar-refractivity contribution in [3.05, 3.63) is 43.5 Å². The zero-order valence-electron chi connectivity index (χ0n) is 8.50. The summed E-state index contributed by atoms with van der Waals surface area (Å²) < 4.78 is 15.2. The van der Waals surface area contributed by atoms with E-state index in [-0.39, 0.29) is 12.0 Å². The van der Waals surface area contributed by atoms with E-state index >= 15 is 0 Å². The molecule has 0 unspecified atom stereocenters. The molecule has 0 spiro atoms. The number of halogens is 2. The molecule has 84 valence electrons. The van der Waals surface area contributed by atoms with Crippen molar-refractivity contribution < 1.29 is 9.50 Å². The first kappa shape index (κ1) is 11.5. The predicted molar refractivity (Wildman–Crippen MR) is 67.8 cm³/mol. The Balaban J connectivity index is 3.02. The van der Waals surface area contributed by atoms with Gasteiger partial charge in [-0.25, -0.2) is 4.39 Å². The molecule has 1 N–H and O–H groups in total. The smallest absolute Gasteiger partial charge is 0.203 e. The third kappa shape index (κ3) is 1.63. The van der Waals surface area contributed by atoms with Crippen molar-refractivity contribution in [2.24, 2.45) is 7.05 Å². The average Bonchev–Trinajstić information content (AvgIpc) is 2.27. The van der Waals surface area contributed by atoms with Crippen molar-refractivity contribution in [1.82, 2.24) is 4.57 Å². The molecule has 0 atom stereocenters.